The lowest BCUT2D eigenvalue weighted by molar-refractivity contribution is 0.0784. The van der Waals surface area contributed by atoms with E-state index >= 15 is 0 Å². The lowest BCUT2D eigenvalue weighted by Crippen LogP contribution is -2.41. The average Bonchev–Trinajstić information content (AvgIpc) is 2.64. The minimum absolute atomic E-state index is 0.0304. The summed E-state index contributed by atoms with van der Waals surface area (Å²) >= 11 is 0. The van der Waals surface area contributed by atoms with E-state index in [0.717, 1.165) is 18.7 Å². The van der Waals surface area contributed by atoms with Crippen LogP contribution >= 0.6 is 0 Å². The van der Waals surface area contributed by atoms with Gasteiger partial charge in [0.25, 0.3) is 0 Å². The van der Waals surface area contributed by atoms with E-state index in [0.29, 0.717) is 19.8 Å². The van der Waals surface area contributed by atoms with Crippen molar-refractivity contribution in [3.8, 4) is 0 Å². The number of likely N-dealkylation sites (tertiary alicyclic amines) is 1. The molecule has 2 rings (SSSR count). The second kappa shape index (κ2) is 11.0. The zero-order valence-electron chi connectivity index (χ0n) is 15.9. The molecule has 148 valence electrons. The molecule has 1 fully saturated rings. The van der Waals surface area contributed by atoms with Gasteiger partial charge in [-0.05, 0) is 38.4 Å². The van der Waals surface area contributed by atoms with Gasteiger partial charge in [0.15, 0.2) is 0 Å². The highest BCUT2D eigenvalue weighted by molar-refractivity contribution is 7.89. The van der Waals surface area contributed by atoms with Gasteiger partial charge in [0.2, 0.25) is 10.0 Å². The third-order valence-electron chi connectivity index (χ3n) is 4.72. The van der Waals surface area contributed by atoms with Crippen molar-refractivity contribution < 1.29 is 17.9 Å². The number of aryl methyl sites for hydroxylation is 1. The van der Waals surface area contributed by atoms with Crippen LogP contribution in [0.3, 0.4) is 0 Å². The van der Waals surface area contributed by atoms with Crippen molar-refractivity contribution in [1.82, 2.24) is 9.62 Å². The summed E-state index contributed by atoms with van der Waals surface area (Å²) in [6.07, 6.45) is 3.59. The number of hydrogen-bond acceptors (Lipinski definition) is 5. The predicted octanol–water partition coefficient (Wildman–Crippen LogP) is 2.10. The molecule has 0 amide bonds. The van der Waals surface area contributed by atoms with Crippen molar-refractivity contribution >= 4 is 10.0 Å². The van der Waals surface area contributed by atoms with Gasteiger partial charge in [-0.3, -0.25) is 4.90 Å². The van der Waals surface area contributed by atoms with E-state index in [2.05, 4.69) is 40.8 Å². The summed E-state index contributed by atoms with van der Waals surface area (Å²) in [7, 11) is -1.77. The van der Waals surface area contributed by atoms with E-state index in [1.807, 2.05) is 0 Å². The highest BCUT2D eigenvalue weighted by Crippen LogP contribution is 2.24. The quantitative estimate of drug-likeness (QED) is 0.592. The molecule has 1 aliphatic rings. The summed E-state index contributed by atoms with van der Waals surface area (Å²) in [5.74, 6) is -0.0304. The first-order valence-electron chi connectivity index (χ1n) is 9.36. The van der Waals surface area contributed by atoms with E-state index in [1.54, 1.807) is 7.11 Å². The van der Waals surface area contributed by atoms with Crippen LogP contribution in [0.25, 0.3) is 0 Å². The fraction of sp³-hybridized carbons (Fsp3) is 0.684. The van der Waals surface area contributed by atoms with Gasteiger partial charge >= 0.3 is 0 Å². The van der Waals surface area contributed by atoms with Crippen LogP contribution in [0.2, 0.25) is 0 Å². The molecule has 1 aromatic rings. The van der Waals surface area contributed by atoms with E-state index < -0.39 is 10.0 Å². The Labute approximate surface area is 157 Å². The Bertz CT molecular complexity index is 613. The molecule has 26 heavy (non-hydrogen) atoms. The normalized spacial score (nSPS) is 17.3. The van der Waals surface area contributed by atoms with Gasteiger partial charge in [0.05, 0.1) is 25.6 Å². The van der Waals surface area contributed by atoms with Gasteiger partial charge in [0.1, 0.15) is 0 Å². The highest BCUT2D eigenvalue weighted by atomic mass is 32.2. The third-order valence-corrected chi connectivity index (χ3v) is 6.03. The molecule has 0 saturated carbocycles. The first-order chi connectivity index (χ1) is 12.5. The highest BCUT2D eigenvalue weighted by Gasteiger charge is 2.24. The summed E-state index contributed by atoms with van der Waals surface area (Å²) in [5, 5.41) is 0. The molecule has 0 radical (unpaired) electrons. The number of rotatable bonds is 11. The van der Waals surface area contributed by atoms with E-state index in [4.69, 9.17) is 9.47 Å². The molecular formula is C19H32N2O4S. The topological polar surface area (TPSA) is 67.9 Å². The fourth-order valence-electron chi connectivity index (χ4n) is 3.17. The second-order valence-corrected chi connectivity index (χ2v) is 8.72. The molecule has 1 unspecified atom stereocenters. The number of nitrogens with one attached hydrogen (secondary N) is 1. The Morgan fingerprint density at radius 3 is 2.42 bits per heavy atom. The minimum Gasteiger partial charge on any atom is -0.382 e. The Kier molecular flexibility index (Phi) is 9.01. The number of ether oxygens (including phenoxy) is 2. The van der Waals surface area contributed by atoms with Crippen LogP contribution in [0.5, 0.6) is 0 Å². The number of nitrogens with zero attached hydrogens (tertiary/aromatic N) is 1. The summed E-state index contributed by atoms with van der Waals surface area (Å²) < 4.78 is 37.5. The van der Waals surface area contributed by atoms with Crippen molar-refractivity contribution in [2.24, 2.45) is 0 Å². The molecule has 0 bridgehead atoms. The zero-order chi connectivity index (χ0) is 18.8. The monoisotopic (exact) mass is 384 g/mol. The van der Waals surface area contributed by atoms with Gasteiger partial charge < -0.3 is 9.47 Å². The Morgan fingerprint density at radius 1 is 1.08 bits per heavy atom. The van der Waals surface area contributed by atoms with E-state index in [9.17, 15) is 8.42 Å². The average molecular weight is 385 g/mol. The summed E-state index contributed by atoms with van der Waals surface area (Å²) in [6.45, 7) is 5.54. The van der Waals surface area contributed by atoms with Crippen molar-refractivity contribution in [2.75, 3.05) is 52.3 Å². The summed E-state index contributed by atoms with van der Waals surface area (Å²) in [4.78, 5) is 2.39. The van der Waals surface area contributed by atoms with Crippen LogP contribution in [0, 0.1) is 6.92 Å². The molecule has 1 atom stereocenters. The molecule has 6 nitrogen and oxygen atoms in total. The fourth-order valence-corrected chi connectivity index (χ4v) is 4.06. The van der Waals surface area contributed by atoms with Gasteiger partial charge in [-0.15, -0.1) is 0 Å². The van der Waals surface area contributed by atoms with Crippen molar-refractivity contribution in [3.05, 3.63) is 35.4 Å². The van der Waals surface area contributed by atoms with Gasteiger partial charge in [-0.1, -0.05) is 36.2 Å². The number of methoxy groups -OCH3 is 1. The van der Waals surface area contributed by atoms with Crippen LogP contribution in [0.1, 0.15) is 36.4 Å². The van der Waals surface area contributed by atoms with E-state index in [-0.39, 0.29) is 18.4 Å². The lowest BCUT2D eigenvalue weighted by Gasteiger charge is -2.35. The van der Waals surface area contributed by atoms with Crippen molar-refractivity contribution in [2.45, 2.75) is 32.2 Å². The molecule has 1 saturated heterocycles. The van der Waals surface area contributed by atoms with Crippen LogP contribution < -0.4 is 4.72 Å². The Morgan fingerprint density at radius 2 is 1.77 bits per heavy atom. The molecule has 1 N–H and O–H groups in total. The lowest BCUT2D eigenvalue weighted by atomic mass is 10.0. The zero-order valence-corrected chi connectivity index (χ0v) is 16.8. The SMILES string of the molecule is COCCOCCS(=O)(=O)NCC(c1ccc(C)cc1)N1CCCCC1. The second-order valence-electron chi connectivity index (χ2n) is 6.80. The van der Waals surface area contributed by atoms with Crippen molar-refractivity contribution in [3.63, 3.8) is 0 Å². The van der Waals surface area contributed by atoms with Crippen LogP contribution in [-0.2, 0) is 19.5 Å². The summed E-state index contributed by atoms with van der Waals surface area (Å²) in [5.41, 5.74) is 2.37. The largest absolute Gasteiger partial charge is 0.382 e. The molecule has 7 heteroatoms. The number of benzene rings is 1. The molecule has 1 aromatic carbocycles. The van der Waals surface area contributed by atoms with Gasteiger partial charge in [-0.25, -0.2) is 13.1 Å². The molecular weight excluding hydrogens is 352 g/mol. The number of sulfonamides is 1. The number of hydrogen-bond donors (Lipinski definition) is 1. The maximum atomic E-state index is 12.3. The van der Waals surface area contributed by atoms with Crippen LogP contribution in [-0.4, -0.2) is 65.6 Å². The Hall–Kier alpha value is -0.990. The standard InChI is InChI=1S/C19H32N2O4S/c1-17-6-8-18(9-7-17)19(21-10-4-3-5-11-21)16-20-26(22,23)15-14-25-13-12-24-2/h6-9,19-20H,3-5,10-16H2,1-2H3. The van der Waals surface area contributed by atoms with Crippen LogP contribution in [0.4, 0.5) is 0 Å². The van der Waals surface area contributed by atoms with Gasteiger partial charge in [-0.2, -0.15) is 0 Å². The molecule has 0 spiro atoms. The van der Waals surface area contributed by atoms with Crippen molar-refractivity contribution in [1.29, 1.82) is 0 Å². The molecule has 1 aliphatic heterocycles. The Balaban J connectivity index is 1.94. The molecule has 0 aliphatic carbocycles. The first-order valence-corrected chi connectivity index (χ1v) is 11.0. The summed E-state index contributed by atoms with van der Waals surface area (Å²) in [6, 6.07) is 8.46. The van der Waals surface area contributed by atoms with Crippen LogP contribution in [0.15, 0.2) is 24.3 Å². The molecule has 1 heterocycles. The predicted molar refractivity (Wildman–Crippen MR) is 104 cm³/mol. The smallest absolute Gasteiger partial charge is 0.213 e. The maximum absolute atomic E-state index is 12.3. The maximum Gasteiger partial charge on any atom is 0.213 e. The molecule has 0 aromatic heterocycles. The first kappa shape index (κ1) is 21.3. The van der Waals surface area contributed by atoms with E-state index in [1.165, 1.54) is 24.8 Å². The van der Waals surface area contributed by atoms with Gasteiger partial charge in [0, 0.05) is 19.7 Å². The third kappa shape index (κ3) is 7.32. The number of piperidine rings is 1. The minimum atomic E-state index is -3.36.